The average Bonchev–Trinajstić information content (AvgIpc) is 3.13. The van der Waals surface area contributed by atoms with Gasteiger partial charge >= 0.3 is 0 Å². The lowest BCUT2D eigenvalue weighted by Crippen LogP contribution is -2.21. The van der Waals surface area contributed by atoms with Gasteiger partial charge in [0, 0.05) is 6.04 Å². The molecule has 0 spiro atoms. The van der Waals surface area contributed by atoms with Gasteiger partial charge in [-0.3, -0.25) is 0 Å². The maximum atomic E-state index is 3.67. The van der Waals surface area contributed by atoms with E-state index in [0.717, 1.165) is 12.5 Å². The third-order valence-electron chi connectivity index (χ3n) is 4.29. The first-order chi connectivity index (χ1) is 8.58. The summed E-state index contributed by atoms with van der Waals surface area (Å²) in [4.78, 5) is 0. The smallest absolute Gasteiger partial charge is 0.0294 e. The highest BCUT2D eigenvalue weighted by Crippen LogP contribution is 2.33. The molecule has 0 amide bonds. The van der Waals surface area contributed by atoms with Gasteiger partial charge in [0.05, 0.1) is 0 Å². The monoisotopic (exact) mass is 245 g/mol. The number of benzene rings is 1. The van der Waals surface area contributed by atoms with Crippen molar-refractivity contribution in [3.63, 3.8) is 0 Å². The molecule has 18 heavy (non-hydrogen) atoms. The molecule has 0 bridgehead atoms. The van der Waals surface area contributed by atoms with Crippen molar-refractivity contribution in [3.8, 4) is 0 Å². The summed E-state index contributed by atoms with van der Waals surface area (Å²) < 4.78 is 0. The molecular weight excluding hydrogens is 218 g/mol. The normalized spacial score (nSPS) is 16.9. The highest BCUT2D eigenvalue weighted by Gasteiger charge is 2.20. The minimum atomic E-state index is 0.475. The number of hydrogen-bond acceptors (Lipinski definition) is 1. The van der Waals surface area contributed by atoms with E-state index in [0.29, 0.717) is 6.04 Å². The lowest BCUT2D eigenvalue weighted by Gasteiger charge is -2.18. The van der Waals surface area contributed by atoms with Gasteiger partial charge in [0.25, 0.3) is 0 Å². The molecule has 0 radical (unpaired) electrons. The van der Waals surface area contributed by atoms with Gasteiger partial charge in [0.2, 0.25) is 0 Å². The van der Waals surface area contributed by atoms with Gasteiger partial charge in [-0.25, -0.2) is 0 Å². The molecule has 2 rings (SSSR count). The fourth-order valence-corrected chi connectivity index (χ4v) is 2.68. The second kappa shape index (κ2) is 5.88. The molecule has 1 atom stereocenters. The van der Waals surface area contributed by atoms with E-state index in [1.165, 1.54) is 47.9 Å². The number of hydrogen-bond donors (Lipinski definition) is 1. The predicted molar refractivity (Wildman–Crippen MR) is 79.0 cm³/mol. The van der Waals surface area contributed by atoms with Gasteiger partial charge in [-0.1, -0.05) is 25.0 Å². The first-order valence-corrected chi connectivity index (χ1v) is 7.39. The van der Waals surface area contributed by atoms with Crippen molar-refractivity contribution >= 4 is 0 Å². The molecule has 1 unspecified atom stereocenters. The summed E-state index contributed by atoms with van der Waals surface area (Å²) in [5, 5.41) is 3.67. The van der Waals surface area contributed by atoms with Crippen LogP contribution in [0.2, 0.25) is 0 Å². The van der Waals surface area contributed by atoms with Crippen LogP contribution in [-0.4, -0.2) is 6.54 Å². The minimum absolute atomic E-state index is 0.475. The van der Waals surface area contributed by atoms with E-state index in [1.807, 2.05) is 0 Å². The summed E-state index contributed by atoms with van der Waals surface area (Å²) in [6.07, 6.45) is 5.71. The Balaban J connectivity index is 1.86. The highest BCUT2D eigenvalue weighted by molar-refractivity contribution is 5.37. The molecule has 1 aliphatic carbocycles. The molecule has 1 aromatic rings. The zero-order valence-electron chi connectivity index (χ0n) is 12.3. The molecule has 1 nitrogen and oxygen atoms in total. The molecule has 0 aromatic heterocycles. The molecule has 1 saturated carbocycles. The lowest BCUT2D eigenvalue weighted by atomic mass is 9.96. The molecule has 1 fully saturated rings. The summed E-state index contributed by atoms with van der Waals surface area (Å²) in [6.45, 7) is 10.1. The minimum Gasteiger partial charge on any atom is -0.310 e. The SMILES string of the molecule is Cc1cc(C)c(C(C)NCCCC2CC2)cc1C. The van der Waals surface area contributed by atoms with Gasteiger partial charge in [0.15, 0.2) is 0 Å². The largest absolute Gasteiger partial charge is 0.310 e. The van der Waals surface area contributed by atoms with E-state index in [9.17, 15) is 0 Å². The molecule has 0 saturated heterocycles. The lowest BCUT2D eigenvalue weighted by molar-refractivity contribution is 0.531. The zero-order valence-corrected chi connectivity index (χ0v) is 12.3. The number of rotatable bonds is 6. The summed E-state index contributed by atoms with van der Waals surface area (Å²) >= 11 is 0. The third-order valence-corrected chi connectivity index (χ3v) is 4.29. The van der Waals surface area contributed by atoms with Gasteiger partial charge in [-0.05, 0) is 75.3 Å². The van der Waals surface area contributed by atoms with Crippen molar-refractivity contribution < 1.29 is 0 Å². The predicted octanol–water partition coefficient (Wildman–Crippen LogP) is 4.45. The van der Waals surface area contributed by atoms with Crippen LogP contribution in [0.4, 0.5) is 0 Å². The van der Waals surface area contributed by atoms with E-state index in [1.54, 1.807) is 0 Å². The summed E-state index contributed by atoms with van der Waals surface area (Å²) in [5.74, 6) is 1.06. The molecular formula is C17H27N. The van der Waals surface area contributed by atoms with E-state index < -0.39 is 0 Å². The van der Waals surface area contributed by atoms with Crippen LogP contribution in [0.1, 0.15) is 60.9 Å². The number of aryl methyl sites for hydroxylation is 3. The first-order valence-electron chi connectivity index (χ1n) is 7.39. The topological polar surface area (TPSA) is 12.0 Å². The molecule has 1 aliphatic rings. The summed E-state index contributed by atoms with van der Waals surface area (Å²) in [6, 6.07) is 5.14. The fourth-order valence-electron chi connectivity index (χ4n) is 2.68. The van der Waals surface area contributed by atoms with Crippen molar-refractivity contribution in [3.05, 3.63) is 34.4 Å². The van der Waals surface area contributed by atoms with Crippen LogP contribution >= 0.6 is 0 Å². The van der Waals surface area contributed by atoms with E-state index >= 15 is 0 Å². The summed E-state index contributed by atoms with van der Waals surface area (Å²) in [7, 11) is 0. The van der Waals surface area contributed by atoms with Crippen LogP contribution in [0.3, 0.4) is 0 Å². The van der Waals surface area contributed by atoms with Crippen molar-refractivity contribution in [2.24, 2.45) is 5.92 Å². The summed E-state index contributed by atoms with van der Waals surface area (Å²) in [5.41, 5.74) is 5.68. The molecule has 1 N–H and O–H groups in total. The van der Waals surface area contributed by atoms with Crippen molar-refractivity contribution in [1.82, 2.24) is 5.32 Å². The second-order valence-corrected chi connectivity index (χ2v) is 6.05. The second-order valence-electron chi connectivity index (χ2n) is 6.05. The third kappa shape index (κ3) is 3.58. The Kier molecular flexibility index (Phi) is 4.45. The van der Waals surface area contributed by atoms with Crippen LogP contribution in [0.15, 0.2) is 12.1 Å². The Labute approximate surface area is 112 Å². The molecule has 1 heteroatoms. The number of nitrogens with one attached hydrogen (secondary N) is 1. The van der Waals surface area contributed by atoms with Crippen LogP contribution in [0.5, 0.6) is 0 Å². The van der Waals surface area contributed by atoms with Gasteiger partial charge < -0.3 is 5.32 Å². The van der Waals surface area contributed by atoms with Gasteiger partial charge in [-0.15, -0.1) is 0 Å². The Hall–Kier alpha value is -0.820. The average molecular weight is 245 g/mol. The molecule has 100 valence electrons. The Morgan fingerprint density at radius 1 is 1.11 bits per heavy atom. The Bertz CT molecular complexity index is 404. The van der Waals surface area contributed by atoms with E-state index in [4.69, 9.17) is 0 Å². The standard InChI is InChI=1S/C17H27N/c1-12-10-14(3)17(11-13(12)2)15(4)18-9-5-6-16-7-8-16/h10-11,15-16,18H,5-9H2,1-4H3. The highest BCUT2D eigenvalue weighted by atomic mass is 14.9. The quantitative estimate of drug-likeness (QED) is 0.730. The Morgan fingerprint density at radius 2 is 1.78 bits per heavy atom. The van der Waals surface area contributed by atoms with Crippen LogP contribution < -0.4 is 5.32 Å². The maximum Gasteiger partial charge on any atom is 0.0294 e. The molecule has 1 aromatic carbocycles. The van der Waals surface area contributed by atoms with Crippen LogP contribution in [-0.2, 0) is 0 Å². The van der Waals surface area contributed by atoms with Crippen molar-refractivity contribution in [2.75, 3.05) is 6.54 Å². The van der Waals surface area contributed by atoms with Gasteiger partial charge in [0.1, 0.15) is 0 Å². The van der Waals surface area contributed by atoms with E-state index in [2.05, 4.69) is 45.1 Å². The van der Waals surface area contributed by atoms with Crippen molar-refractivity contribution in [1.29, 1.82) is 0 Å². The Morgan fingerprint density at radius 3 is 2.44 bits per heavy atom. The maximum absolute atomic E-state index is 3.67. The fraction of sp³-hybridized carbons (Fsp3) is 0.647. The van der Waals surface area contributed by atoms with Crippen LogP contribution in [0, 0.1) is 26.7 Å². The first kappa shape index (κ1) is 13.6. The van der Waals surface area contributed by atoms with Gasteiger partial charge in [-0.2, -0.15) is 0 Å². The van der Waals surface area contributed by atoms with Crippen molar-refractivity contribution in [2.45, 2.75) is 59.4 Å². The molecule has 0 aliphatic heterocycles. The molecule has 0 heterocycles. The van der Waals surface area contributed by atoms with Crippen LogP contribution in [0.25, 0.3) is 0 Å². The van der Waals surface area contributed by atoms with E-state index in [-0.39, 0.29) is 0 Å². The zero-order chi connectivity index (χ0) is 13.1.